The lowest BCUT2D eigenvalue weighted by Crippen LogP contribution is -2.19. The van der Waals surface area contributed by atoms with Crippen molar-refractivity contribution < 1.29 is 26.3 Å². The summed E-state index contributed by atoms with van der Waals surface area (Å²) in [6.07, 6.45) is -7.81. The van der Waals surface area contributed by atoms with Crippen molar-refractivity contribution in [1.29, 1.82) is 0 Å². The number of nitrogens with two attached hydrogens (primary N) is 1. The quantitative estimate of drug-likeness (QED) is 0.793. The summed E-state index contributed by atoms with van der Waals surface area (Å²) >= 11 is 0. The van der Waals surface area contributed by atoms with Crippen LogP contribution in [0.2, 0.25) is 0 Å². The number of rotatable bonds is 2. The molecule has 2 N–H and O–H groups in total. The molecule has 0 heterocycles. The molecule has 16 heavy (non-hydrogen) atoms. The Balaban J connectivity index is 3.09. The van der Waals surface area contributed by atoms with E-state index in [0.717, 1.165) is 6.07 Å². The van der Waals surface area contributed by atoms with E-state index in [9.17, 15) is 26.3 Å². The number of benzene rings is 1. The molecule has 1 aromatic carbocycles. The van der Waals surface area contributed by atoms with Gasteiger partial charge in [-0.3, -0.25) is 0 Å². The Morgan fingerprint density at radius 2 is 1.69 bits per heavy atom. The molecule has 0 amide bonds. The Hall–Kier alpha value is -1.24. The highest BCUT2D eigenvalue weighted by Crippen LogP contribution is 2.32. The standard InChI is InChI=1S/C9H7F6N/c10-6-3-4(7(16)8(11)12)1-2-5(6)9(13,14)15/h1-3,7-8H,16H2. The summed E-state index contributed by atoms with van der Waals surface area (Å²) in [7, 11) is 0. The molecule has 7 heteroatoms. The zero-order valence-electron chi connectivity index (χ0n) is 7.73. The zero-order chi connectivity index (χ0) is 12.5. The van der Waals surface area contributed by atoms with E-state index < -0.39 is 30.0 Å². The van der Waals surface area contributed by atoms with Crippen LogP contribution in [0.25, 0.3) is 0 Å². The predicted molar refractivity (Wildman–Crippen MR) is 44.3 cm³/mol. The second kappa shape index (κ2) is 4.32. The maximum Gasteiger partial charge on any atom is 0.419 e. The Kier molecular flexibility index (Phi) is 3.47. The highest BCUT2D eigenvalue weighted by atomic mass is 19.4. The molecule has 90 valence electrons. The normalized spacial score (nSPS) is 14.2. The maximum atomic E-state index is 12.9. The average molecular weight is 243 g/mol. The second-order valence-corrected chi connectivity index (χ2v) is 3.10. The first-order valence-electron chi connectivity index (χ1n) is 4.14. The van der Waals surface area contributed by atoms with E-state index in [4.69, 9.17) is 5.73 Å². The molecular weight excluding hydrogens is 236 g/mol. The molecule has 1 atom stereocenters. The molecule has 0 saturated heterocycles. The van der Waals surface area contributed by atoms with Crippen molar-refractivity contribution in [3.05, 3.63) is 35.1 Å². The molecule has 0 aliphatic rings. The summed E-state index contributed by atoms with van der Waals surface area (Å²) in [5, 5.41) is 0. The van der Waals surface area contributed by atoms with Crippen LogP contribution in [0.4, 0.5) is 26.3 Å². The SMILES string of the molecule is NC(c1ccc(C(F)(F)F)c(F)c1)C(F)F. The van der Waals surface area contributed by atoms with Crippen molar-refractivity contribution in [2.45, 2.75) is 18.6 Å². The molecule has 0 saturated carbocycles. The van der Waals surface area contributed by atoms with Crippen LogP contribution < -0.4 is 5.73 Å². The van der Waals surface area contributed by atoms with E-state index in [1.165, 1.54) is 0 Å². The van der Waals surface area contributed by atoms with Crippen LogP contribution in [0.1, 0.15) is 17.2 Å². The fraction of sp³-hybridized carbons (Fsp3) is 0.333. The summed E-state index contributed by atoms with van der Waals surface area (Å²) in [4.78, 5) is 0. The van der Waals surface area contributed by atoms with Gasteiger partial charge in [0.2, 0.25) is 0 Å². The average Bonchev–Trinajstić information content (AvgIpc) is 2.14. The molecule has 1 aromatic rings. The summed E-state index contributed by atoms with van der Waals surface area (Å²) in [5.41, 5.74) is 3.09. The Morgan fingerprint density at radius 1 is 1.12 bits per heavy atom. The van der Waals surface area contributed by atoms with Gasteiger partial charge in [0.05, 0.1) is 11.6 Å². The minimum atomic E-state index is -4.85. The van der Waals surface area contributed by atoms with Crippen molar-refractivity contribution >= 4 is 0 Å². The molecule has 1 unspecified atom stereocenters. The van der Waals surface area contributed by atoms with E-state index in [1.54, 1.807) is 0 Å². The van der Waals surface area contributed by atoms with Crippen LogP contribution in [0.3, 0.4) is 0 Å². The lowest BCUT2D eigenvalue weighted by molar-refractivity contribution is -0.140. The number of hydrogen-bond donors (Lipinski definition) is 1. The lowest BCUT2D eigenvalue weighted by atomic mass is 10.1. The smallest absolute Gasteiger partial charge is 0.319 e. The van der Waals surface area contributed by atoms with Gasteiger partial charge in [0, 0.05) is 0 Å². The topological polar surface area (TPSA) is 26.0 Å². The van der Waals surface area contributed by atoms with E-state index in [-0.39, 0.29) is 5.56 Å². The summed E-state index contributed by atoms with van der Waals surface area (Å²) in [6, 6.07) is -0.285. The summed E-state index contributed by atoms with van der Waals surface area (Å²) in [5.74, 6) is -1.61. The minimum absolute atomic E-state index is 0.375. The molecule has 0 fully saturated rings. The van der Waals surface area contributed by atoms with Crippen LogP contribution in [-0.2, 0) is 6.18 Å². The minimum Gasteiger partial charge on any atom is -0.319 e. The molecule has 0 aromatic heterocycles. The first kappa shape index (κ1) is 12.8. The Bertz CT molecular complexity index is 373. The summed E-state index contributed by atoms with van der Waals surface area (Å²) in [6.45, 7) is 0. The number of alkyl halides is 5. The predicted octanol–water partition coefficient (Wildman–Crippen LogP) is 3.11. The lowest BCUT2D eigenvalue weighted by Gasteiger charge is -2.13. The Labute approximate surface area is 86.9 Å². The van der Waals surface area contributed by atoms with Crippen LogP contribution in [-0.4, -0.2) is 6.43 Å². The van der Waals surface area contributed by atoms with Gasteiger partial charge in [-0.05, 0) is 17.7 Å². The molecule has 1 nitrogen and oxygen atoms in total. The molecule has 0 aliphatic carbocycles. The Morgan fingerprint density at radius 3 is 2.06 bits per heavy atom. The molecule has 0 spiro atoms. The van der Waals surface area contributed by atoms with Gasteiger partial charge in [-0.2, -0.15) is 13.2 Å². The fourth-order valence-electron chi connectivity index (χ4n) is 1.11. The largest absolute Gasteiger partial charge is 0.419 e. The van der Waals surface area contributed by atoms with Gasteiger partial charge < -0.3 is 5.73 Å². The van der Waals surface area contributed by atoms with Crippen molar-refractivity contribution in [3.63, 3.8) is 0 Å². The third kappa shape index (κ3) is 2.66. The van der Waals surface area contributed by atoms with Crippen molar-refractivity contribution in [2.24, 2.45) is 5.73 Å². The molecule has 0 aliphatic heterocycles. The van der Waals surface area contributed by atoms with Crippen LogP contribution in [0.15, 0.2) is 18.2 Å². The second-order valence-electron chi connectivity index (χ2n) is 3.10. The van der Waals surface area contributed by atoms with Gasteiger partial charge in [0.15, 0.2) is 0 Å². The van der Waals surface area contributed by atoms with Crippen molar-refractivity contribution in [2.75, 3.05) is 0 Å². The van der Waals surface area contributed by atoms with Crippen LogP contribution in [0.5, 0.6) is 0 Å². The van der Waals surface area contributed by atoms with E-state index >= 15 is 0 Å². The number of halogens is 6. The fourth-order valence-corrected chi connectivity index (χ4v) is 1.11. The third-order valence-electron chi connectivity index (χ3n) is 1.95. The molecule has 0 radical (unpaired) electrons. The van der Waals surface area contributed by atoms with E-state index in [0.29, 0.717) is 12.1 Å². The highest BCUT2D eigenvalue weighted by Gasteiger charge is 2.34. The van der Waals surface area contributed by atoms with Gasteiger partial charge >= 0.3 is 6.18 Å². The first-order chi connectivity index (χ1) is 7.23. The maximum absolute atomic E-state index is 12.9. The van der Waals surface area contributed by atoms with Crippen LogP contribution >= 0.6 is 0 Å². The molecule has 1 rings (SSSR count). The van der Waals surface area contributed by atoms with Gasteiger partial charge in [-0.25, -0.2) is 13.2 Å². The van der Waals surface area contributed by atoms with E-state index in [1.807, 2.05) is 0 Å². The van der Waals surface area contributed by atoms with E-state index in [2.05, 4.69) is 0 Å². The monoisotopic (exact) mass is 243 g/mol. The van der Waals surface area contributed by atoms with Gasteiger partial charge in [-0.15, -0.1) is 0 Å². The van der Waals surface area contributed by atoms with Gasteiger partial charge in [-0.1, -0.05) is 6.07 Å². The first-order valence-corrected chi connectivity index (χ1v) is 4.14. The molecule has 0 bridgehead atoms. The number of hydrogen-bond acceptors (Lipinski definition) is 1. The highest BCUT2D eigenvalue weighted by molar-refractivity contribution is 5.28. The third-order valence-corrected chi connectivity index (χ3v) is 1.95. The zero-order valence-corrected chi connectivity index (χ0v) is 7.73. The van der Waals surface area contributed by atoms with Gasteiger partial charge in [0.1, 0.15) is 5.82 Å². The molecular formula is C9H7F6N. The van der Waals surface area contributed by atoms with Gasteiger partial charge in [0.25, 0.3) is 6.43 Å². The summed E-state index contributed by atoms with van der Waals surface area (Å²) < 4.78 is 73.5. The van der Waals surface area contributed by atoms with Crippen molar-refractivity contribution in [1.82, 2.24) is 0 Å². The van der Waals surface area contributed by atoms with Crippen molar-refractivity contribution in [3.8, 4) is 0 Å². The van der Waals surface area contributed by atoms with Crippen LogP contribution in [0, 0.1) is 5.82 Å².